The maximum Gasteiger partial charge on any atom is 0.251 e. The lowest BCUT2D eigenvalue weighted by atomic mass is 10.1. The molecule has 0 fully saturated rings. The maximum absolute atomic E-state index is 13.1. The summed E-state index contributed by atoms with van der Waals surface area (Å²) in [6.45, 7) is 1.95. The molecule has 2 aromatic carbocycles. The molecule has 0 saturated carbocycles. The molecular weight excluding hydrogens is 426 g/mol. The second-order valence-corrected chi connectivity index (χ2v) is 10.2. The van der Waals surface area contributed by atoms with Crippen LogP contribution in [0, 0.1) is 6.92 Å². The lowest BCUT2D eigenvalue weighted by Gasteiger charge is -2.17. The van der Waals surface area contributed by atoms with Crippen molar-refractivity contribution in [1.82, 2.24) is 9.71 Å². The summed E-state index contributed by atoms with van der Waals surface area (Å²) >= 11 is 2.44. The Morgan fingerprint density at radius 2 is 1.83 bits per heavy atom. The molecule has 29 heavy (non-hydrogen) atoms. The van der Waals surface area contributed by atoms with Crippen molar-refractivity contribution in [3.05, 3.63) is 77.2 Å². The van der Waals surface area contributed by atoms with Gasteiger partial charge in [-0.1, -0.05) is 59.9 Å². The fourth-order valence-corrected chi connectivity index (χ4v) is 6.01. The van der Waals surface area contributed by atoms with E-state index in [0.717, 1.165) is 27.1 Å². The second-order valence-electron chi connectivity index (χ2n) is 6.33. The Bertz CT molecular complexity index is 1250. The van der Waals surface area contributed by atoms with Crippen molar-refractivity contribution in [2.45, 2.75) is 17.2 Å². The van der Waals surface area contributed by atoms with Gasteiger partial charge in [0.1, 0.15) is 10.3 Å². The zero-order valence-electron chi connectivity index (χ0n) is 15.3. The van der Waals surface area contributed by atoms with Gasteiger partial charge in [0.25, 0.3) is 10.0 Å². The third-order valence-electron chi connectivity index (χ3n) is 4.28. The van der Waals surface area contributed by atoms with E-state index in [0.29, 0.717) is 10.7 Å². The van der Waals surface area contributed by atoms with Gasteiger partial charge in [0, 0.05) is 0 Å². The van der Waals surface area contributed by atoms with Crippen LogP contribution in [0.4, 0.5) is 5.13 Å². The average molecular weight is 444 g/mol. The van der Waals surface area contributed by atoms with Crippen molar-refractivity contribution in [3.8, 4) is 0 Å². The molecule has 2 aromatic heterocycles. The van der Waals surface area contributed by atoms with Gasteiger partial charge in [-0.25, -0.2) is 13.4 Å². The number of thiazole rings is 1. The summed E-state index contributed by atoms with van der Waals surface area (Å²) in [5.74, 6) is -0.493. The SMILES string of the molecule is Cc1cccc2sc(NC(=O)C(NS(=O)(=O)c3cccs3)c3ccccc3)nc12. The Balaban J connectivity index is 1.65. The Kier molecular flexibility index (Phi) is 5.46. The first-order valence-electron chi connectivity index (χ1n) is 8.72. The zero-order chi connectivity index (χ0) is 20.4. The Hall–Kier alpha value is -2.59. The number of aromatic nitrogens is 1. The molecule has 0 aliphatic carbocycles. The number of rotatable bonds is 6. The van der Waals surface area contributed by atoms with Crippen LogP contribution in [0.25, 0.3) is 10.2 Å². The minimum absolute atomic E-state index is 0.154. The number of thiophene rings is 1. The highest BCUT2D eigenvalue weighted by molar-refractivity contribution is 7.91. The van der Waals surface area contributed by atoms with E-state index in [-0.39, 0.29) is 4.21 Å². The monoisotopic (exact) mass is 443 g/mol. The molecule has 0 aliphatic heterocycles. The Morgan fingerprint density at radius 3 is 2.52 bits per heavy atom. The van der Waals surface area contributed by atoms with Gasteiger partial charge < -0.3 is 5.32 Å². The molecule has 9 heteroatoms. The molecule has 0 radical (unpaired) electrons. The van der Waals surface area contributed by atoms with E-state index in [9.17, 15) is 13.2 Å². The molecule has 0 aliphatic rings. The first-order valence-corrected chi connectivity index (χ1v) is 11.9. The number of carbonyl (C=O) groups is 1. The lowest BCUT2D eigenvalue weighted by molar-refractivity contribution is -0.117. The minimum atomic E-state index is -3.84. The smallest absolute Gasteiger partial charge is 0.251 e. The van der Waals surface area contributed by atoms with E-state index in [1.54, 1.807) is 35.7 Å². The highest BCUT2D eigenvalue weighted by Gasteiger charge is 2.28. The summed E-state index contributed by atoms with van der Waals surface area (Å²) in [5, 5.41) is 4.87. The number of nitrogens with zero attached hydrogens (tertiary/aromatic N) is 1. The number of amides is 1. The van der Waals surface area contributed by atoms with E-state index in [1.807, 2.05) is 31.2 Å². The van der Waals surface area contributed by atoms with Crippen molar-refractivity contribution in [1.29, 1.82) is 0 Å². The number of sulfonamides is 1. The van der Waals surface area contributed by atoms with Gasteiger partial charge in [-0.05, 0) is 35.6 Å². The molecule has 0 spiro atoms. The summed E-state index contributed by atoms with van der Waals surface area (Å²) in [4.78, 5) is 17.5. The van der Waals surface area contributed by atoms with Crippen molar-refractivity contribution in [2.24, 2.45) is 0 Å². The zero-order valence-corrected chi connectivity index (χ0v) is 17.8. The number of nitrogens with one attached hydrogen (secondary N) is 2. The number of hydrogen-bond acceptors (Lipinski definition) is 6. The molecule has 1 amide bonds. The van der Waals surface area contributed by atoms with Gasteiger partial charge >= 0.3 is 0 Å². The summed E-state index contributed by atoms with van der Waals surface area (Å²) in [6.07, 6.45) is 0. The normalized spacial score (nSPS) is 12.7. The quantitative estimate of drug-likeness (QED) is 0.464. The number of fused-ring (bicyclic) bond motifs is 1. The van der Waals surface area contributed by atoms with Crippen molar-refractivity contribution >= 4 is 54.0 Å². The summed E-state index contributed by atoms with van der Waals surface area (Å²) in [6, 6.07) is 16.6. The van der Waals surface area contributed by atoms with Crippen LogP contribution in [0.1, 0.15) is 17.2 Å². The fraction of sp³-hybridized carbons (Fsp3) is 0.100. The van der Waals surface area contributed by atoms with Crippen LogP contribution in [0.3, 0.4) is 0 Å². The topological polar surface area (TPSA) is 88.2 Å². The predicted molar refractivity (Wildman–Crippen MR) is 117 cm³/mol. The van der Waals surface area contributed by atoms with Crippen LogP contribution < -0.4 is 10.0 Å². The molecule has 4 rings (SSSR count). The van der Waals surface area contributed by atoms with E-state index in [1.165, 1.54) is 17.4 Å². The highest BCUT2D eigenvalue weighted by atomic mass is 32.2. The van der Waals surface area contributed by atoms with Crippen LogP contribution in [0.5, 0.6) is 0 Å². The molecule has 6 nitrogen and oxygen atoms in total. The van der Waals surface area contributed by atoms with E-state index < -0.39 is 22.0 Å². The number of carbonyl (C=O) groups excluding carboxylic acids is 1. The van der Waals surface area contributed by atoms with Gasteiger partial charge in [0.15, 0.2) is 5.13 Å². The van der Waals surface area contributed by atoms with E-state index in [4.69, 9.17) is 0 Å². The number of hydrogen-bond donors (Lipinski definition) is 2. The molecular formula is C20H17N3O3S3. The molecule has 148 valence electrons. The molecule has 4 aromatic rings. The molecule has 2 heterocycles. The van der Waals surface area contributed by atoms with Gasteiger partial charge in [0.05, 0.1) is 10.2 Å². The van der Waals surface area contributed by atoms with Gasteiger partial charge in [-0.3, -0.25) is 4.79 Å². The predicted octanol–water partition coefficient (Wildman–Crippen LogP) is 4.32. The summed E-state index contributed by atoms with van der Waals surface area (Å²) in [5.41, 5.74) is 2.38. The van der Waals surface area contributed by atoms with Gasteiger partial charge in [-0.2, -0.15) is 4.72 Å². The third-order valence-corrected chi connectivity index (χ3v) is 8.04. The lowest BCUT2D eigenvalue weighted by Crippen LogP contribution is -2.36. The molecule has 0 saturated heterocycles. The maximum atomic E-state index is 13.1. The van der Waals surface area contributed by atoms with Crippen LogP contribution in [-0.2, 0) is 14.8 Å². The number of benzene rings is 2. The van der Waals surface area contributed by atoms with Crippen LogP contribution in [-0.4, -0.2) is 19.3 Å². The molecule has 2 N–H and O–H groups in total. The Labute approximate surface area is 176 Å². The van der Waals surface area contributed by atoms with Crippen molar-refractivity contribution in [3.63, 3.8) is 0 Å². The number of para-hydroxylation sites is 1. The van der Waals surface area contributed by atoms with Crippen LogP contribution in [0.15, 0.2) is 70.3 Å². The fourth-order valence-electron chi connectivity index (χ4n) is 2.87. The Morgan fingerprint density at radius 1 is 1.03 bits per heavy atom. The van der Waals surface area contributed by atoms with Gasteiger partial charge in [-0.15, -0.1) is 11.3 Å². The molecule has 1 unspecified atom stereocenters. The highest BCUT2D eigenvalue weighted by Crippen LogP contribution is 2.29. The molecule has 0 bridgehead atoms. The van der Waals surface area contributed by atoms with Crippen LogP contribution >= 0.6 is 22.7 Å². The van der Waals surface area contributed by atoms with Crippen LogP contribution in [0.2, 0.25) is 0 Å². The van der Waals surface area contributed by atoms with Crippen molar-refractivity contribution in [2.75, 3.05) is 5.32 Å². The number of aryl methyl sites for hydroxylation is 1. The van der Waals surface area contributed by atoms with E-state index in [2.05, 4.69) is 15.0 Å². The van der Waals surface area contributed by atoms with Gasteiger partial charge in [0.2, 0.25) is 5.91 Å². The van der Waals surface area contributed by atoms with E-state index >= 15 is 0 Å². The largest absolute Gasteiger partial charge is 0.300 e. The first-order chi connectivity index (χ1) is 13.9. The number of anilines is 1. The molecule has 1 atom stereocenters. The second kappa shape index (κ2) is 8.03. The average Bonchev–Trinajstić information content (AvgIpc) is 3.37. The first kappa shape index (κ1) is 19.7. The summed E-state index contributed by atoms with van der Waals surface area (Å²) < 4.78 is 29.1. The third kappa shape index (κ3) is 4.23. The summed E-state index contributed by atoms with van der Waals surface area (Å²) in [7, 11) is -3.84. The minimum Gasteiger partial charge on any atom is -0.300 e. The standard InChI is InChI=1S/C20H17N3O3S3/c1-13-7-5-10-15-17(13)21-20(28-15)22-19(24)18(14-8-3-2-4-9-14)23-29(25,26)16-11-6-12-27-16/h2-12,18,23H,1H3,(H,21,22,24). The van der Waals surface area contributed by atoms with Crippen molar-refractivity contribution < 1.29 is 13.2 Å².